The zero-order valence-corrected chi connectivity index (χ0v) is 19.4. The van der Waals surface area contributed by atoms with Gasteiger partial charge in [-0.3, -0.25) is 14.5 Å². The van der Waals surface area contributed by atoms with Crippen molar-refractivity contribution in [1.29, 1.82) is 0 Å². The molecule has 4 rings (SSSR count). The zero-order chi connectivity index (χ0) is 22.9. The molecule has 0 radical (unpaired) electrons. The largest absolute Gasteiger partial charge is 0.379 e. The minimum Gasteiger partial charge on any atom is -0.379 e. The molecule has 2 fully saturated rings. The smallest absolute Gasteiger partial charge is 0.230 e. The van der Waals surface area contributed by atoms with Crippen molar-refractivity contribution in [2.45, 2.75) is 31.1 Å². The molecule has 6 nitrogen and oxygen atoms in total. The Morgan fingerprint density at radius 3 is 2.18 bits per heavy atom. The number of piperidine rings is 1. The maximum atomic E-state index is 13.5. The van der Waals surface area contributed by atoms with Gasteiger partial charge >= 0.3 is 0 Å². The van der Waals surface area contributed by atoms with Crippen LogP contribution in [0.4, 0.5) is 0 Å². The Hall–Kier alpha value is -2.70. The van der Waals surface area contributed by atoms with Gasteiger partial charge in [-0.25, -0.2) is 0 Å². The zero-order valence-electron chi connectivity index (χ0n) is 19.4. The average molecular weight is 450 g/mol. The van der Waals surface area contributed by atoms with Crippen molar-refractivity contribution in [2.24, 2.45) is 0 Å². The molecule has 1 N–H and O–H groups in total. The third-order valence-electron chi connectivity index (χ3n) is 7.02. The number of carbonyl (C=O) groups is 2. The van der Waals surface area contributed by atoms with Gasteiger partial charge in [0.05, 0.1) is 18.6 Å². The summed E-state index contributed by atoms with van der Waals surface area (Å²) in [5, 5.41) is 3.20. The van der Waals surface area contributed by atoms with E-state index in [1.54, 1.807) is 0 Å². The summed E-state index contributed by atoms with van der Waals surface area (Å²) < 4.78 is 5.41. The van der Waals surface area contributed by atoms with Crippen LogP contribution in [-0.4, -0.2) is 74.1 Å². The van der Waals surface area contributed by atoms with E-state index in [0.29, 0.717) is 38.9 Å². The first-order valence-corrected chi connectivity index (χ1v) is 12.1. The lowest BCUT2D eigenvalue weighted by atomic mass is 9.72. The molecule has 176 valence electrons. The number of hydrogen-bond acceptors (Lipinski definition) is 4. The highest BCUT2D eigenvalue weighted by atomic mass is 16.5. The van der Waals surface area contributed by atoms with Crippen molar-refractivity contribution in [2.75, 3.05) is 52.5 Å². The Morgan fingerprint density at radius 2 is 1.52 bits per heavy atom. The lowest BCUT2D eigenvalue weighted by molar-refractivity contribution is -0.137. The van der Waals surface area contributed by atoms with Crippen LogP contribution in [0.25, 0.3) is 0 Å². The molecule has 2 amide bonds. The molecule has 2 saturated heterocycles. The first-order valence-electron chi connectivity index (χ1n) is 12.1. The van der Waals surface area contributed by atoms with Gasteiger partial charge in [0.2, 0.25) is 11.8 Å². The molecule has 0 aliphatic carbocycles. The van der Waals surface area contributed by atoms with Crippen LogP contribution < -0.4 is 5.32 Å². The van der Waals surface area contributed by atoms with Gasteiger partial charge in [-0.2, -0.15) is 0 Å². The van der Waals surface area contributed by atoms with Gasteiger partial charge in [-0.15, -0.1) is 0 Å². The molecule has 2 aliphatic heterocycles. The highest BCUT2D eigenvalue weighted by molar-refractivity contribution is 5.89. The Labute approximate surface area is 196 Å². The van der Waals surface area contributed by atoms with Gasteiger partial charge in [0.15, 0.2) is 0 Å². The van der Waals surface area contributed by atoms with E-state index in [4.69, 9.17) is 4.74 Å². The van der Waals surface area contributed by atoms with Crippen LogP contribution in [0, 0.1) is 0 Å². The predicted octanol–water partition coefficient (Wildman–Crippen LogP) is 2.63. The minimum atomic E-state index is -0.581. The van der Waals surface area contributed by atoms with E-state index in [1.165, 1.54) is 5.56 Å². The number of rotatable bonds is 8. The molecular weight excluding hydrogens is 414 g/mol. The van der Waals surface area contributed by atoms with E-state index in [2.05, 4.69) is 34.5 Å². The molecule has 2 aromatic rings. The van der Waals surface area contributed by atoms with E-state index in [0.717, 1.165) is 44.8 Å². The van der Waals surface area contributed by atoms with Crippen molar-refractivity contribution < 1.29 is 14.3 Å². The fourth-order valence-electron chi connectivity index (χ4n) is 4.92. The number of ether oxygens (including phenoxy) is 1. The monoisotopic (exact) mass is 449 g/mol. The highest BCUT2D eigenvalue weighted by Gasteiger charge is 2.43. The fourth-order valence-corrected chi connectivity index (χ4v) is 4.92. The number of nitrogens with zero attached hydrogens (tertiary/aromatic N) is 2. The Bertz CT molecular complexity index is 889. The number of likely N-dealkylation sites (tertiary alicyclic amines) is 1. The number of aryl methyl sites for hydroxylation is 1. The maximum Gasteiger partial charge on any atom is 0.230 e. The Kier molecular flexibility index (Phi) is 8.13. The van der Waals surface area contributed by atoms with Crippen LogP contribution in [0.2, 0.25) is 0 Å². The van der Waals surface area contributed by atoms with Gasteiger partial charge in [0, 0.05) is 45.7 Å². The molecule has 0 saturated carbocycles. The number of amides is 2. The molecule has 6 heteroatoms. The first-order chi connectivity index (χ1) is 16.2. The van der Waals surface area contributed by atoms with E-state index >= 15 is 0 Å². The van der Waals surface area contributed by atoms with E-state index < -0.39 is 5.41 Å². The molecule has 0 unspecified atom stereocenters. The summed E-state index contributed by atoms with van der Waals surface area (Å²) in [6.07, 6.45) is 2.56. The summed E-state index contributed by atoms with van der Waals surface area (Å²) >= 11 is 0. The van der Waals surface area contributed by atoms with Gasteiger partial charge < -0.3 is 15.0 Å². The number of nitrogens with one attached hydrogen (secondary N) is 1. The van der Waals surface area contributed by atoms with Crippen molar-refractivity contribution in [3.63, 3.8) is 0 Å². The molecular formula is C27H35N3O3. The summed E-state index contributed by atoms with van der Waals surface area (Å²) in [6, 6.07) is 20.2. The normalized spacial score (nSPS) is 18.6. The highest BCUT2D eigenvalue weighted by Crippen LogP contribution is 2.36. The van der Waals surface area contributed by atoms with Crippen LogP contribution in [0.1, 0.15) is 30.4 Å². The van der Waals surface area contributed by atoms with Crippen LogP contribution in [0.3, 0.4) is 0 Å². The van der Waals surface area contributed by atoms with Crippen molar-refractivity contribution >= 4 is 11.8 Å². The van der Waals surface area contributed by atoms with Crippen LogP contribution in [0.5, 0.6) is 0 Å². The topological polar surface area (TPSA) is 61.9 Å². The predicted molar refractivity (Wildman–Crippen MR) is 129 cm³/mol. The lowest BCUT2D eigenvalue weighted by Gasteiger charge is -2.41. The van der Waals surface area contributed by atoms with Gasteiger partial charge in [-0.05, 0) is 30.4 Å². The Balaban J connectivity index is 1.35. The second kappa shape index (κ2) is 11.4. The number of carbonyl (C=O) groups excluding carboxylic acids is 2. The molecule has 33 heavy (non-hydrogen) atoms. The molecule has 2 heterocycles. The third-order valence-corrected chi connectivity index (χ3v) is 7.02. The maximum absolute atomic E-state index is 13.5. The minimum absolute atomic E-state index is 0.0818. The van der Waals surface area contributed by atoms with E-state index in [-0.39, 0.29) is 11.8 Å². The van der Waals surface area contributed by atoms with Crippen LogP contribution >= 0.6 is 0 Å². The van der Waals surface area contributed by atoms with Crippen molar-refractivity contribution in [3.05, 3.63) is 71.8 Å². The summed E-state index contributed by atoms with van der Waals surface area (Å²) in [6.45, 7) is 6.04. The molecule has 0 atom stereocenters. The summed E-state index contributed by atoms with van der Waals surface area (Å²) in [5.41, 5.74) is 1.65. The van der Waals surface area contributed by atoms with Gasteiger partial charge in [0.1, 0.15) is 0 Å². The second-order valence-electron chi connectivity index (χ2n) is 9.02. The molecule has 2 aromatic carbocycles. The van der Waals surface area contributed by atoms with Crippen molar-refractivity contribution in [3.8, 4) is 0 Å². The fraction of sp³-hybridized carbons (Fsp3) is 0.481. The van der Waals surface area contributed by atoms with Gasteiger partial charge in [0.25, 0.3) is 0 Å². The van der Waals surface area contributed by atoms with Crippen LogP contribution in [-0.2, 0) is 26.2 Å². The summed E-state index contributed by atoms with van der Waals surface area (Å²) in [7, 11) is 0. The lowest BCUT2D eigenvalue weighted by Crippen LogP contribution is -2.53. The standard InChI is InChI=1S/C27H35N3O3/c31-25(12-11-23-7-3-1-4-8-23)30-16-13-27(14-17-30,24-9-5-2-6-10-24)26(32)28-15-18-29-19-21-33-22-20-29/h1-10H,11-22H2,(H,28,32). The molecule has 2 aliphatic rings. The Morgan fingerprint density at radius 1 is 0.879 bits per heavy atom. The SMILES string of the molecule is O=C(CCc1ccccc1)N1CCC(C(=O)NCCN2CCOCC2)(c2ccccc2)CC1. The number of morpholine rings is 1. The third kappa shape index (κ3) is 6.01. The van der Waals surface area contributed by atoms with Crippen LogP contribution in [0.15, 0.2) is 60.7 Å². The summed E-state index contributed by atoms with van der Waals surface area (Å²) in [4.78, 5) is 30.6. The number of benzene rings is 2. The molecule has 0 aromatic heterocycles. The van der Waals surface area contributed by atoms with Gasteiger partial charge in [-0.1, -0.05) is 60.7 Å². The van der Waals surface area contributed by atoms with Crippen molar-refractivity contribution in [1.82, 2.24) is 15.1 Å². The number of hydrogen-bond donors (Lipinski definition) is 1. The molecule has 0 spiro atoms. The van der Waals surface area contributed by atoms with E-state index in [1.807, 2.05) is 41.3 Å². The summed E-state index contributed by atoms with van der Waals surface area (Å²) in [5.74, 6) is 0.256. The average Bonchev–Trinajstić information content (AvgIpc) is 2.89. The van der Waals surface area contributed by atoms with E-state index in [9.17, 15) is 9.59 Å². The molecule has 0 bridgehead atoms. The first kappa shape index (κ1) is 23.5. The quantitative estimate of drug-likeness (QED) is 0.673. The second-order valence-corrected chi connectivity index (χ2v) is 9.02.